The molecule has 4 rings (SSSR count). The molecule has 0 saturated heterocycles. The van der Waals surface area contributed by atoms with E-state index in [1.807, 2.05) is 0 Å². The zero-order valence-corrected chi connectivity index (χ0v) is 15.6. The molecule has 0 atom stereocenters. The van der Waals surface area contributed by atoms with Crippen LogP contribution in [0.25, 0.3) is 33.2 Å². The molecule has 0 radical (unpaired) electrons. The van der Waals surface area contributed by atoms with Crippen molar-refractivity contribution in [1.29, 1.82) is 0 Å². The number of amidine groups is 1. The van der Waals surface area contributed by atoms with Crippen molar-refractivity contribution in [3.8, 4) is 22.3 Å². The van der Waals surface area contributed by atoms with Crippen molar-refractivity contribution in [2.45, 2.75) is 6.18 Å². The third-order valence-electron chi connectivity index (χ3n) is 4.93. The van der Waals surface area contributed by atoms with Crippen LogP contribution >= 0.6 is 0 Å². The number of aromatic amines is 1. The highest BCUT2D eigenvalue weighted by atomic mass is 19.4. The summed E-state index contributed by atoms with van der Waals surface area (Å²) < 4.78 is 71.5. The van der Waals surface area contributed by atoms with Gasteiger partial charge in [-0.05, 0) is 28.6 Å². The Labute approximate surface area is 172 Å². The Bertz CT molecular complexity index is 1310. The summed E-state index contributed by atoms with van der Waals surface area (Å²) in [5, 5.41) is 12.6. The van der Waals surface area contributed by atoms with Gasteiger partial charge in [0, 0.05) is 22.8 Å². The van der Waals surface area contributed by atoms with Crippen molar-refractivity contribution >= 4 is 16.7 Å². The van der Waals surface area contributed by atoms with E-state index in [1.165, 1.54) is 24.3 Å². The van der Waals surface area contributed by atoms with Crippen molar-refractivity contribution in [3.05, 3.63) is 83.6 Å². The van der Waals surface area contributed by atoms with E-state index in [0.717, 1.165) is 5.39 Å². The minimum Gasteiger partial charge on any atom is -0.409 e. The SMILES string of the molecule is NC(=NO)c1c(F)c(C(F)(F)F)c(F)c(-c2ccc3cc[nH]c3c2)c1-c1ccccc1. The Morgan fingerprint density at radius 3 is 2.26 bits per heavy atom. The summed E-state index contributed by atoms with van der Waals surface area (Å²) in [5.74, 6) is -4.66. The zero-order chi connectivity index (χ0) is 22.3. The van der Waals surface area contributed by atoms with E-state index >= 15 is 8.78 Å². The van der Waals surface area contributed by atoms with E-state index in [9.17, 15) is 13.2 Å². The van der Waals surface area contributed by atoms with E-state index in [2.05, 4.69) is 10.1 Å². The van der Waals surface area contributed by atoms with E-state index in [4.69, 9.17) is 10.9 Å². The predicted octanol–water partition coefficient (Wildman–Crippen LogP) is 5.89. The first-order chi connectivity index (χ1) is 14.7. The number of oxime groups is 1. The van der Waals surface area contributed by atoms with Crippen molar-refractivity contribution in [3.63, 3.8) is 0 Å². The molecule has 1 heterocycles. The van der Waals surface area contributed by atoms with Gasteiger partial charge in [0.05, 0.1) is 5.56 Å². The molecule has 0 aliphatic heterocycles. The number of nitrogens with zero attached hydrogens (tertiary/aromatic N) is 1. The van der Waals surface area contributed by atoms with Crippen LogP contribution in [-0.2, 0) is 6.18 Å². The normalized spacial score (nSPS) is 12.5. The lowest BCUT2D eigenvalue weighted by molar-refractivity contribution is -0.142. The van der Waals surface area contributed by atoms with Crippen molar-refractivity contribution in [2.24, 2.45) is 10.9 Å². The lowest BCUT2D eigenvalue weighted by Crippen LogP contribution is -2.22. The van der Waals surface area contributed by atoms with Crippen LogP contribution in [0.2, 0.25) is 0 Å². The molecule has 0 unspecified atom stereocenters. The molecule has 0 fully saturated rings. The fraction of sp³-hybridized carbons (Fsp3) is 0.0455. The average molecular weight is 431 g/mol. The van der Waals surface area contributed by atoms with Gasteiger partial charge in [-0.2, -0.15) is 13.2 Å². The van der Waals surface area contributed by atoms with Crippen LogP contribution in [0, 0.1) is 11.6 Å². The molecule has 0 aliphatic rings. The van der Waals surface area contributed by atoms with E-state index < -0.39 is 40.3 Å². The van der Waals surface area contributed by atoms with Gasteiger partial charge in [-0.25, -0.2) is 8.78 Å². The largest absolute Gasteiger partial charge is 0.422 e. The summed E-state index contributed by atoms with van der Waals surface area (Å²) in [6.07, 6.45) is -3.74. The first-order valence-corrected chi connectivity index (χ1v) is 8.97. The van der Waals surface area contributed by atoms with Crippen LogP contribution in [0.3, 0.4) is 0 Å². The number of H-pyrrole nitrogens is 1. The maximum Gasteiger partial charge on any atom is 0.422 e. The number of fused-ring (bicyclic) bond motifs is 1. The molecule has 4 aromatic rings. The minimum absolute atomic E-state index is 0.0591. The van der Waals surface area contributed by atoms with Crippen molar-refractivity contribution in [2.75, 3.05) is 0 Å². The van der Waals surface area contributed by atoms with Gasteiger partial charge in [-0.3, -0.25) is 0 Å². The van der Waals surface area contributed by atoms with Gasteiger partial charge in [-0.1, -0.05) is 47.6 Å². The average Bonchev–Trinajstić information content (AvgIpc) is 3.20. The number of alkyl halides is 3. The number of rotatable bonds is 3. The van der Waals surface area contributed by atoms with Crippen LogP contribution in [-0.4, -0.2) is 16.0 Å². The summed E-state index contributed by atoms with van der Waals surface area (Å²) >= 11 is 0. The lowest BCUT2D eigenvalue weighted by atomic mass is 9.86. The topological polar surface area (TPSA) is 74.4 Å². The number of nitrogens with one attached hydrogen (secondary N) is 1. The molecule has 0 bridgehead atoms. The zero-order valence-electron chi connectivity index (χ0n) is 15.6. The Hall–Kier alpha value is -3.88. The summed E-state index contributed by atoms with van der Waals surface area (Å²) in [6.45, 7) is 0. The van der Waals surface area contributed by atoms with Crippen LogP contribution in [0.4, 0.5) is 22.0 Å². The van der Waals surface area contributed by atoms with Crippen molar-refractivity contribution < 1.29 is 27.2 Å². The molecule has 0 spiro atoms. The van der Waals surface area contributed by atoms with E-state index in [0.29, 0.717) is 5.52 Å². The molecule has 0 saturated carbocycles. The molecular formula is C22H14F5N3O. The predicted molar refractivity (Wildman–Crippen MR) is 107 cm³/mol. The first-order valence-electron chi connectivity index (χ1n) is 8.97. The standard InChI is InChI=1S/C22H14F5N3O/c23-19-16(13-7-6-11-8-9-29-14(11)10-13)15(12-4-2-1-3-5-12)17(21(28)30-31)20(24)18(19)22(25,26)27/h1-10,29,31H,(H2,28,30). The smallest absolute Gasteiger partial charge is 0.409 e. The highest BCUT2D eigenvalue weighted by Crippen LogP contribution is 2.45. The maximum absolute atomic E-state index is 15.4. The number of nitrogens with two attached hydrogens (primary N) is 1. The second kappa shape index (κ2) is 7.42. The van der Waals surface area contributed by atoms with Gasteiger partial charge in [0.15, 0.2) is 5.84 Å². The summed E-state index contributed by atoms with van der Waals surface area (Å²) in [6, 6.07) is 13.9. The first kappa shape index (κ1) is 20.4. The number of aromatic nitrogens is 1. The highest BCUT2D eigenvalue weighted by Gasteiger charge is 2.42. The van der Waals surface area contributed by atoms with Gasteiger partial charge in [-0.15, -0.1) is 0 Å². The summed E-state index contributed by atoms with van der Waals surface area (Å²) in [4.78, 5) is 2.91. The Balaban J connectivity index is 2.22. The third kappa shape index (κ3) is 3.37. The Morgan fingerprint density at radius 1 is 0.903 bits per heavy atom. The summed E-state index contributed by atoms with van der Waals surface area (Å²) in [7, 11) is 0. The fourth-order valence-corrected chi connectivity index (χ4v) is 3.60. The van der Waals surface area contributed by atoms with Gasteiger partial charge in [0.2, 0.25) is 0 Å². The number of halogens is 5. The quantitative estimate of drug-likeness (QED) is 0.124. The fourth-order valence-electron chi connectivity index (χ4n) is 3.60. The summed E-state index contributed by atoms with van der Waals surface area (Å²) in [5.41, 5.74) is 2.64. The highest BCUT2D eigenvalue weighted by molar-refractivity contribution is 6.07. The molecule has 158 valence electrons. The number of hydrogen-bond donors (Lipinski definition) is 3. The maximum atomic E-state index is 15.4. The Morgan fingerprint density at radius 2 is 1.61 bits per heavy atom. The minimum atomic E-state index is -5.36. The molecule has 9 heteroatoms. The molecule has 1 aromatic heterocycles. The van der Waals surface area contributed by atoms with Crippen LogP contribution < -0.4 is 5.73 Å². The van der Waals surface area contributed by atoms with Crippen molar-refractivity contribution in [1.82, 2.24) is 4.98 Å². The Kier molecular flexibility index (Phi) is 4.88. The molecule has 0 amide bonds. The molecule has 3 aromatic carbocycles. The lowest BCUT2D eigenvalue weighted by Gasteiger charge is -2.21. The van der Waals surface area contributed by atoms with E-state index in [1.54, 1.807) is 36.5 Å². The molecular weight excluding hydrogens is 417 g/mol. The number of benzene rings is 3. The van der Waals surface area contributed by atoms with Gasteiger partial charge in [0.25, 0.3) is 0 Å². The second-order valence-corrected chi connectivity index (χ2v) is 6.76. The monoisotopic (exact) mass is 431 g/mol. The number of hydrogen-bond acceptors (Lipinski definition) is 2. The second-order valence-electron chi connectivity index (χ2n) is 6.76. The van der Waals surface area contributed by atoms with Crippen LogP contribution in [0.1, 0.15) is 11.1 Å². The van der Waals surface area contributed by atoms with Crippen LogP contribution in [0.5, 0.6) is 0 Å². The molecule has 0 aliphatic carbocycles. The molecule has 4 N–H and O–H groups in total. The van der Waals surface area contributed by atoms with Gasteiger partial charge < -0.3 is 15.9 Å². The van der Waals surface area contributed by atoms with Gasteiger partial charge in [0.1, 0.15) is 17.2 Å². The van der Waals surface area contributed by atoms with Gasteiger partial charge >= 0.3 is 6.18 Å². The molecule has 4 nitrogen and oxygen atoms in total. The van der Waals surface area contributed by atoms with E-state index in [-0.39, 0.29) is 16.7 Å². The third-order valence-corrected chi connectivity index (χ3v) is 4.93. The molecule has 31 heavy (non-hydrogen) atoms. The van der Waals surface area contributed by atoms with Crippen LogP contribution in [0.15, 0.2) is 65.9 Å².